The second kappa shape index (κ2) is 9.94. The lowest BCUT2D eigenvalue weighted by atomic mass is 9.63. The minimum atomic E-state index is -1.16. The van der Waals surface area contributed by atoms with Crippen molar-refractivity contribution in [3.63, 3.8) is 0 Å². The van der Waals surface area contributed by atoms with Crippen LogP contribution in [-0.4, -0.2) is 62.5 Å². The van der Waals surface area contributed by atoms with Gasteiger partial charge in [-0.05, 0) is 74.3 Å². The van der Waals surface area contributed by atoms with Crippen molar-refractivity contribution in [2.24, 2.45) is 23.5 Å². The van der Waals surface area contributed by atoms with Crippen LogP contribution in [0, 0.1) is 17.8 Å². The van der Waals surface area contributed by atoms with Crippen LogP contribution in [-0.2, 0) is 20.7 Å². The summed E-state index contributed by atoms with van der Waals surface area (Å²) in [6.07, 6.45) is 2.02. The van der Waals surface area contributed by atoms with Crippen molar-refractivity contribution < 1.29 is 39.2 Å². The minimum absolute atomic E-state index is 0.0584. The number of primary amides is 1. The number of hydrogen-bond acceptors (Lipinski definition) is 8. The minimum Gasteiger partial charge on any atom is -0.511 e. The monoisotopic (exact) mass is 562 g/mol. The molecular formula is C31H34N2O8. The molecule has 0 saturated heterocycles. The van der Waals surface area contributed by atoms with Crippen LogP contribution in [0.15, 0.2) is 53.0 Å². The summed E-state index contributed by atoms with van der Waals surface area (Å²) >= 11 is 0. The lowest BCUT2D eigenvalue weighted by Crippen LogP contribution is -2.39. The molecule has 41 heavy (non-hydrogen) atoms. The number of Topliss-reactive ketones (excluding diaryl/α,β-unsaturated/α-hetero) is 2. The highest BCUT2D eigenvalue weighted by molar-refractivity contribution is 6.14. The molecular weight excluding hydrogens is 528 g/mol. The molecule has 1 aliphatic heterocycles. The smallest absolute Gasteiger partial charge is 0.410 e. The summed E-state index contributed by atoms with van der Waals surface area (Å²) in [5.74, 6) is -5.57. The maximum atomic E-state index is 13.8. The van der Waals surface area contributed by atoms with Crippen LogP contribution < -0.4 is 5.73 Å². The topological polar surface area (TPSA) is 167 Å². The average molecular weight is 563 g/mol. The summed E-state index contributed by atoms with van der Waals surface area (Å²) in [5.41, 5.74) is 7.06. The second-order valence-electron chi connectivity index (χ2n) is 12.1. The highest BCUT2D eigenvalue weighted by atomic mass is 16.6. The summed E-state index contributed by atoms with van der Waals surface area (Å²) in [6.45, 7) is 10.1. The molecule has 3 unspecified atom stereocenters. The standard InChI is InChI=1S/C31H34N2O8/c1-14-18-11-16-12-19-17(15-7-9-33(10-8-15)30(40)41-31(2,3)4)5-6-21(34)25(19)28(38)23(16)27(37)24(18)22(35)13-20(26(14)36)29(32)39/h5-7,16,18,24,34,36-37H,1,8-13H2,2-4H3,(H2,32,39). The zero-order valence-electron chi connectivity index (χ0n) is 23.3. The van der Waals surface area contributed by atoms with Crippen LogP contribution in [0.4, 0.5) is 4.79 Å². The molecule has 0 spiro atoms. The number of phenols is 1. The van der Waals surface area contributed by atoms with Crippen LogP contribution in [0.5, 0.6) is 5.75 Å². The number of carbonyl (C=O) groups is 4. The van der Waals surface area contributed by atoms with E-state index in [0.717, 1.165) is 11.1 Å². The number of ketones is 2. The molecule has 4 aliphatic rings. The maximum Gasteiger partial charge on any atom is 0.410 e. The molecule has 216 valence electrons. The summed E-state index contributed by atoms with van der Waals surface area (Å²) in [5, 5.41) is 32.8. The van der Waals surface area contributed by atoms with Crippen molar-refractivity contribution in [2.75, 3.05) is 13.1 Å². The van der Waals surface area contributed by atoms with Crippen molar-refractivity contribution in [1.82, 2.24) is 4.90 Å². The summed E-state index contributed by atoms with van der Waals surface area (Å²) in [7, 11) is 0. The predicted octanol–water partition coefficient (Wildman–Crippen LogP) is 4.05. The molecule has 0 saturated carbocycles. The number of fused-ring (bicyclic) bond motifs is 3. The van der Waals surface area contributed by atoms with Crippen molar-refractivity contribution >= 4 is 29.1 Å². The van der Waals surface area contributed by atoms with Crippen molar-refractivity contribution in [3.8, 4) is 5.75 Å². The molecule has 0 aromatic heterocycles. The Morgan fingerprint density at radius 3 is 2.46 bits per heavy atom. The third-order valence-electron chi connectivity index (χ3n) is 8.37. The Hall–Kier alpha value is -4.34. The maximum absolute atomic E-state index is 13.8. The number of nitrogens with zero attached hydrogens (tertiary/aromatic N) is 1. The number of phenolic OH excluding ortho intramolecular Hbond substituents is 1. The molecule has 10 nitrogen and oxygen atoms in total. The fourth-order valence-corrected chi connectivity index (χ4v) is 6.47. The zero-order valence-corrected chi connectivity index (χ0v) is 23.3. The van der Waals surface area contributed by atoms with Crippen LogP contribution in [0.1, 0.15) is 61.5 Å². The van der Waals surface area contributed by atoms with E-state index in [-0.39, 0.29) is 40.9 Å². The van der Waals surface area contributed by atoms with Gasteiger partial charge in [-0.25, -0.2) is 4.79 Å². The van der Waals surface area contributed by atoms with Crippen molar-refractivity contribution in [2.45, 2.75) is 52.1 Å². The van der Waals surface area contributed by atoms with Gasteiger partial charge in [-0.15, -0.1) is 0 Å². The van der Waals surface area contributed by atoms with E-state index >= 15 is 0 Å². The number of aromatic hydroxyl groups is 1. The van der Waals surface area contributed by atoms with E-state index in [4.69, 9.17) is 10.5 Å². The number of ether oxygens (including phenoxy) is 1. The van der Waals surface area contributed by atoms with E-state index in [1.165, 1.54) is 6.07 Å². The van der Waals surface area contributed by atoms with Gasteiger partial charge in [0.25, 0.3) is 0 Å². The fourth-order valence-electron chi connectivity index (χ4n) is 6.47. The molecule has 3 aliphatic carbocycles. The number of hydrogen-bond donors (Lipinski definition) is 4. The summed E-state index contributed by atoms with van der Waals surface area (Å²) in [4.78, 5) is 53.1. The van der Waals surface area contributed by atoms with Crippen LogP contribution in [0.25, 0.3) is 5.57 Å². The van der Waals surface area contributed by atoms with E-state index in [1.54, 1.807) is 31.7 Å². The Labute approximate surface area is 237 Å². The number of aliphatic hydroxyl groups is 2. The van der Waals surface area contributed by atoms with Crippen molar-refractivity contribution in [1.29, 1.82) is 0 Å². The van der Waals surface area contributed by atoms with E-state index in [9.17, 15) is 34.5 Å². The van der Waals surface area contributed by atoms with Gasteiger partial charge in [0.15, 0.2) is 5.78 Å². The van der Waals surface area contributed by atoms with Gasteiger partial charge in [-0.2, -0.15) is 0 Å². The molecule has 5 N–H and O–H groups in total. The van der Waals surface area contributed by atoms with E-state index in [0.29, 0.717) is 25.1 Å². The molecule has 3 atom stereocenters. The Balaban J connectivity index is 1.51. The lowest BCUT2D eigenvalue weighted by Gasteiger charge is -2.39. The largest absolute Gasteiger partial charge is 0.511 e. The fraction of sp³-hybridized carbons (Fsp3) is 0.419. The molecule has 0 fully saturated rings. The first-order chi connectivity index (χ1) is 19.2. The third-order valence-corrected chi connectivity index (χ3v) is 8.37. The molecule has 0 bridgehead atoms. The SMILES string of the molecule is C=C1C(O)=C(C(N)=O)CC(=O)C2C(O)=C3C(=O)c4c(O)ccc(C5=CCN(C(=O)OC(C)(C)C)CC5)c4CC3CC12. The molecule has 0 radical (unpaired) electrons. The molecule has 1 heterocycles. The van der Waals surface area contributed by atoms with Gasteiger partial charge in [-0.1, -0.05) is 18.7 Å². The first kappa shape index (κ1) is 28.2. The van der Waals surface area contributed by atoms with E-state index in [2.05, 4.69) is 6.58 Å². The van der Waals surface area contributed by atoms with E-state index < -0.39 is 64.9 Å². The van der Waals surface area contributed by atoms with Gasteiger partial charge < -0.3 is 30.7 Å². The quantitative estimate of drug-likeness (QED) is 0.419. The van der Waals surface area contributed by atoms with Gasteiger partial charge in [0, 0.05) is 31.0 Å². The number of amides is 2. The highest BCUT2D eigenvalue weighted by Gasteiger charge is 2.49. The molecule has 2 amide bonds. The van der Waals surface area contributed by atoms with Crippen LogP contribution in [0.2, 0.25) is 0 Å². The number of aliphatic hydroxyl groups excluding tert-OH is 2. The molecule has 5 rings (SSSR count). The van der Waals surface area contributed by atoms with Crippen LogP contribution >= 0.6 is 0 Å². The highest BCUT2D eigenvalue weighted by Crippen LogP contribution is 2.51. The molecule has 1 aromatic rings. The Morgan fingerprint density at radius 1 is 1.15 bits per heavy atom. The summed E-state index contributed by atoms with van der Waals surface area (Å²) < 4.78 is 5.48. The predicted molar refractivity (Wildman–Crippen MR) is 149 cm³/mol. The van der Waals surface area contributed by atoms with Gasteiger partial charge in [-0.3, -0.25) is 14.4 Å². The second-order valence-corrected chi connectivity index (χ2v) is 12.1. The van der Waals surface area contributed by atoms with Crippen molar-refractivity contribution in [3.05, 3.63) is 69.7 Å². The number of nitrogens with two attached hydrogens (primary N) is 1. The first-order valence-corrected chi connectivity index (χ1v) is 13.6. The number of carbonyl (C=O) groups excluding carboxylic acids is 4. The van der Waals surface area contributed by atoms with Crippen LogP contribution in [0.3, 0.4) is 0 Å². The summed E-state index contributed by atoms with van der Waals surface area (Å²) in [6, 6.07) is 3.19. The van der Waals surface area contributed by atoms with Gasteiger partial charge >= 0.3 is 6.09 Å². The first-order valence-electron chi connectivity index (χ1n) is 13.6. The average Bonchev–Trinajstić information content (AvgIpc) is 2.98. The van der Waals surface area contributed by atoms with Gasteiger partial charge in [0.1, 0.15) is 28.7 Å². The van der Waals surface area contributed by atoms with E-state index in [1.807, 2.05) is 6.08 Å². The number of allylic oxidation sites excluding steroid dienone is 3. The molecule has 10 heteroatoms. The lowest BCUT2D eigenvalue weighted by molar-refractivity contribution is -0.124. The third kappa shape index (κ3) is 4.81. The molecule has 1 aromatic carbocycles. The number of benzene rings is 1. The normalized spacial score (nSPS) is 24.8. The van der Waals surface area contributed by atoms with Gasteiger partial charge in [0.05, 0.1) is 17.1 Å². The number of rotatable bonds is 2. The van der Waals surface area contributed by atoms with Gasteiger partial charge in [0.2, 0.25) is 5.91 Å². The zero-order chi connectivity index (χ0) is 30.0. The Kier molecular flexibility index (Phi) is 6.83. The Morgan fingerprint density at radius 2 is 1.85 bits per heavy atom. The Bertz CT molecular complexity index is 1510.